The zero-order valence-corrected chi connectivity index (χ0v) is 21.7. The van der Waals surface area contributed by atoms with E-state index in [0.29, 0.717) is 0 Å². The molecular weight excluding hydrogens is 540 g/mol. The normalized spacial score (nSPS) is 19.3. The lowest BCUT2D eigenvalue weighted by molar-refractivity contribution is 0.670. The van der Waals surface area contributed by atoms with Crippen LogP contribution in [0.25, 0.3) is 83.6 Å². The molecule has 3 heterocycles. The van der Waals surface area contributed by atoms with Crippen LogP contribution < -0.4 is 0 Å². The standard InChI is InChI=1S/C39H24N4O/c1-3-11-25(12-4-1)26-19-21-28(22-20-26)38-40-37(27-13-5-2-6-14-27)41-39(42-38)43-33-17-9-7-15-29(33)31-23-24-32-30-16-8-10-18-34(30)44-36(32)35(31)43/h1-24H/i1D,2D,3D,4D,5D,6D,7D,8D,9D,10D,11D,12D,13D,14D,15D,16D,17D,18D,19D,20D,21D,22D,23D,24D. The van der Waals surface area contributed by atoms with Gasteiger partial charge >= 0.3 is 0 Å². The molecule has 206 valence electrons. The van der Waals surface area contributed by atoms with Crippen LogP contribution in [0.15, 0.2) is 149 Å². The number of fused-ring (bicyclic) bond motifs is 7. The third kappa shape index (κ3) is 3.83. The molecule has 0 aliphatic carbocycles. The van der Waals surface area contributed by atoms with Gasteiger partial charge in [-0.3, -0.25) is 4.57 Å². The van der Waals surface area contributed by atoms with E-state index in [2.05, 4.69) is 15.0 Å². The number of nitrogens with zero attached hydrogens (tertiary/aromatic N) is 4. The molecule has 0 amide bonds. The van der Waals surface area contributed by atoms with Crippen molar-refractivity contribution in [3.63, 3.8) is 0 Å². The van der Waals surface area contributed by atoms with Crippen molar-refractivity contribution in [2.75, 3.05) is 0 Å². The second-order valence-electron chi connectivity index (χ2n) is 9.08. The van der Waals surface area contributed by atoms with E-state index in [4.69, 9.17) is 33.2 Å². The molecular formula is C39H24N4O. The molecule has 0 N–H and O–H groups in total. The molecule has 0 radical (unpaired) electrons. The molecule has 44 heavy (non-hydrogen) atoms. The van der Waals surface area contributed by atoms with Crippen LogP contribution >= 0.6 is 0 Å². The fraction of sp³-hybridized carbons (Fsp3) is 0. The molecule has 0 atom stereocenters. The maximum atomic E-state index is 9.29. The monoisotopic (exact) mass is 588 g/mol. The number of hydrogen-bond acceptors (Lipinski definition) is 4. The van der Waals surface area contributed by atoms with Crippen LogP contribution in [0.2, 0.25) is 0 Å². The third-order valence-corrected chi connectivity index (χ3v) is 6.61. The van der Waals surface area contributed by atoms with Crippen LogP contribution in [0.1, 0.15) is 32.9 Å². The first kappa shape index (κ1) is 10.6. The Morgan fingerprint density at radius 2 is 1.00 bits per heavy atom. The second kappa shape index (κ2) is 9.75. The van der Waals surface area contributed by atoms with Crippen LogP contribution in [0, 0.1) is 0 Å². The molecule has 0 unspecified atom stereocenters. The van der Waals surface area contributed by atoms with Gasteiger partial charge < -0.3 is 4.42 Å². The molecule has 0 fully saturated rings. The summed E-state index contributed by atoms with van der Waals surface area (Å²) >= 11 is 0. The summed E-state index contributed by atoms with van der Waals surface area (Å²) in [5, 5.41) is -1.60. The summed E-state index contributed by atoms with van der Waals surface area (Å²) in [5.74, 6) is -2.47. The fourth-order valence-electron chi connectivity index (χ4n) is 4.74. The summed E-state index contributed by atoms with van der Waals surface area (Å²) in [6.45, 7) is 0. The Morgan fingerprint density at radius 3 is 1.75 bits per heavy atom. The highest BCUT2D eigenvalue weighted by Gasteiger charge is 2.21. The van der Waals surface area contributed by atoms with Crippen molar-refractivity contribution < 1.29 is 37.3 Å². The van der Waals surface area contributed by atoms with Crippen molar-refractivity contribution in [3.05, 3.63) is 145 Å². The van der Waals surface area contributed by atoms with Crippen molar-refractivity contribution in [3.8, 4) is 39.9 Å². The van der Waals surface area contributed by atoms with E-state index in [9.17, 15) is 4.11 Å². The van der Waals surface area contributed by atoms with Gasteiger partial charge in [-0.15, -0.1) is 0 Å². The molecule has 0 spiro atoms. The summed E-state index contributed by atoms with van der Waals surface area (Å²) in [6.07, 6.45) is 0. The van der Waals surface area contributed by atoms with E-state index in [1.807, 2.05) is 0 Å². The Hall–Kier alpha value is -6.07. The molecule has 0 saturated carbocycles. The summed E-state index contributed by atoms with van der Waals surface area (Å²) < 4.78 is 215. The van der Waals surface area contributed by atoms with Crippen LogP contribution in [0.5, 0.6) is 0 Å². The number of hydrogen-bond donors (Lipinski definition) is 0. The van der Waals surface area contributed by atoms with E-state index in [1.165, 1.54) is 0 Å². The Morgan fingerprint density at radius 1 is 0.455 bits per heavy atom. The van der Waals surface area contributed by atoms with E-state index in [0.717, 1.165) is 4.57 Å². The molecule has 5 nitrogen and oxygen atoms in total. The van der Waals surface area contributed by atoms with Gasteiger partial charge in [0.05, 0.1) is 38.4 Å². The van der Waals surface area contributed by atoms with Crippen molar-refractivity contribution >= 4 is 43.7 Å². The van der Waals surface area contributed by atoms with E-state index in [-0.39, 0.29) is 10.8 Å². The summed E-state index contributed by atoms with van der Waals surface area (Å²) in [6, 6.07) is -20.1. The number of aromatic nitrogens is 4. The van der Waals surface area contributed by atoms with Crippen LogP contribution in [-0.4, -0.2) is 19.5 Å². The summed E-state index contributed by atoms with van der Waals surface area (Å²) in [7, 11) is 0. The highest BCUT2D eigenvalue weighted by molar-refractivity contribution is 6.21. The maximum absolute atomic E-state index is 9.29. The number of furan rings is 1. The van der Waals surface area contributed by atoms with E-state index >= 15 is 0 Å². The van der Waals surface area contributed by atoms with Gasteiger partial charge in [0.2, 0.25) is 5.95 Å². The predicted molar refractivity (Wildman–Crippen MR) is 178 cm³/mol. The lowest BCUT2D eigenvalue weighted by atomic mass is 10.0. The Kier molecular flexibility index (Phi) is 2.34. The molecule has 0 saturated heterocycles. The SMILES string of the molecule is [2H]c1c([2H])c([2H])c(-c2nc(-c3c([2H])c([2H])c(-c4c([2H])c([2H])c([2H])c([2H])c4[2H])c([2H])c3[2H])nc(-n3c4c([2H])c([2H])c([2H])c([2H])c4c4c([2H])c([2H])c5c(oc6c([2H])c([2H])c([2H])c([2H])c65)c43)n2)c([2H])c1[2H]. The molecule has 3 aromatic heterocycles. The Balaban J connectivity index is 1.53. The quantitative estimate of drug-likeness (QED) is 0.205. The van der Waals surface area contributed by atoms with Gasteiger partial charge in [0.15, 0.2) is 17.2 Å². The van der Waals surface area contributed by atoms with Crippen molar-refractivity contribution in [2.24, 2.45) is 0 Å². The van der Waals surface area contributed by atoms with Gasteiger partial charge in [-0.05, 0) is 29.3 Å². The van der Waals surface area contributed by atoms with Crippen LogP contribution in [-0.2, 0) is 0 Å². The topological polar surface area (TPSA) is 56.7 Å². The highest BCUT2D eigenvalue weighted by atomic mass is 16.3. The molecule has 9 aromatic rings. The van der Waals surface area contributed by atoms with Gasteiger partial charge in [0, 0.05) is 32.7 Å². The van der Waals surface area contributed by atoms with Crippen molar-refractivity contribution in [1.82, 2.24) is 19.5 Å². The lowest BCUT2D eigenvalue weighted by Crippen LogP contribution is -2.06. The minimum atomic E-state index is -0.989. The number of benzene rings is 6. The molecule has 0 bridgehead atoms. The number of para-hydroxylation sites is 2. The second-order valence-corrected chi connectivity index (χ2v) is 9.08. The van der Waals surface area contributed by atoms with E-state index < -0.39 is 218 Å². The van der Waals surface area contributed by atoms with E-state index in [1.54, 1.807) is 0 Å². The van der Waals surface area contributed by atoms with Crippen LogP contribution in [0.3, 0.4) is 0 Å². The first-order valence-corrected chi connectivity index (χ1v) is 12.7. The minimum Gasteiger partial charge on any atom is -0.454 e. The van der Waals surface area contributed by atoms with Crippen LogP contribution in [0.4, 0.5) is 0 Å². The van der Waals surface area contributed by atoms with Gasteiger partial charge in [-0.25, -0.2) is 4.98 Å². The molecule has 9 rings (SSSR count). The Bertz CT molecular complexity index is 3780. The summed E-state index contributed by atoms with van der Waals surface area (Å²) in [5.41, 5.74) is -4.90. The Labute approximate surface area is 286 Å². The molecule has 0 aliphatic rings. The first-order chi connectivity index (χ1) is 31.8. The largest absolute Gasteiger partial charge is 0.454 e. The van der Waals surface area contributed by atoms with Crippen molar-refractivity contribution in [1.29, 1.82) is 0 Å². The average Bonchev–Trinajstić information content (AvgIpc) is 3.89. The number of rotatable bonds is 4. The lowest BCUT2D eigenvalue weighted by Gasteiger charge is -2.11. The molecule has 0 aliphatic heterocycles. The predicted octanol–water partition coefficient (Wildman–Crippen LogP) is 9.87. The first-order valence-electron chi connectivity index (χ1n) is 24.7. The van der Waals surface area contributed by atoms with Gasteiger partial charge in [-0.2, -0.15) is 9.97 Å². The highest BCUT2D eigenvalue weighted by Crippen LogP contribution is 2.40. The van der Waals surface area contributed by atoms with Gasteiger partial charge in [0.25, 0.3) is 0 Å². The van der Waals surface area contributed by atoms with Gasteiger partial charge in [0.1, 0.15) is 11.1 Å². The third-order valence-electron chi connectivity index (χ3n) is 6.61. The maximum Gasteiger partial charge on any atom is 0.238 e. The smallest absolute Gasteiger partial charge is 0.238 e. The molecule has 5 heteroatoms. The van der Waals surface area contributed by atoms with Crippen molar-refractivity contribution in [2.45, 2.75) is 0 Å². The average molecular weight is 589 g/mol. The zero-order chi connectivity index (χ0) is 49.9. The summed E-state index contributed by atoms with van der Waals surface area (Å²) in [4.78, 5) is 13.2. The molecule has 6 aromatic carbocycles. The fourth-order valence-corrected chi connectivity index (χ4v) is 4.74. The zero-order valence-electron chi connectivity index (χ0n) is 45.7. The van der Waals surface area contributed by atoms with Gasteiger partial charge in [-0.1, -0.05) is 127 Å². The minimum absolute atomic E-state index is 0.359.